The highest BCUT2D eigenvalue weighted by Gasteiger charge is 2.13. The Bertz CT molecular complexity index is 151. The van der Waals surface area contributed by atoms with Crippen LogP contribution >= 0.6 is 11.6 Å². The van der Waals surface area contributed by atoms with Gasteiger partial charge >= 0.3 is 0 Å². The number of piperazine rings is 1. The molecule has 0 radical (unpaired) electrons. The van der Waals surface area contributed by atoms with Gasteiger partial charge in [-0.25, -0.2) is 0 Å². The summed E-state index contributed by atoms with van der Waals surface area (Å²) >= 11 is 5.55. The molecule has 2 nitrogen and oxygen atoms in total. The van der Waals surface area contributed by atoms with E-state index in [9.17, 15) is 0 Å². The Kier molecular flexibility index (Phi) is 5.44. The van der Waals surface area contributed by atoms with E-state index in [4.69, 9.17) is 11.6 Å². The molecule has 1 aliphatic rings. The third-order valence-corrected chi connectivity index (χ3v) is 2.71. The summed E-state index contributed by atoms with van der Waals surface area (Å²) in [4.78, 5) is 4.96. The SMILES string of the molecule is CCN1CCN(CC=CCCl)CC1. The van der Waals surface area contributed by atoms with Crippen molar-refractivity contribution in [1.82, 2.24) is 9.80 Å². The van der Waals surface area contributed by atoms with Crippen LogP contribution in [0.1, 0.15) is 6.92 Å². The fourth-order valence-electron chi connectivity index (χ4n) is 1.57. The third kappa shape index (κ3) is 4.12. The molecule has 1 saturated heterocycles. The predicted octanol–water partition coefficient (Wildman–Crippen LogP) is 1.42. The fourth-order valence-corrected chi connectivity index (χ4v) is 1.70. The van der Waals surface area contributed by atoms with Crippen LogP contribution in [-0.4, -0.2) is 54.9 Å². The molecule has 0 saturated carbocycles. The van der Waals surface area contributed by atoms with E-state index >= 15 is 0 Å². The van der Waals surface area contributed by atoms with Crippen molar-refractivity contribution in [3.05, 3.63) is 12.2 Å². The maximum Gasteiger partial charge on any atom is 0.0404 e. The number of halogens is 1. The van der Waals surface area contributed by atoms with Gasteiger partial charge in [-0.2, -0.15) is 0 Å². The van der Waals surface area contributed by atoms with Crippen molar-refractivity contribution in [1.29, 1.82) is 0 Å². The Hall–Kier alpha value is -0.0500. The summed E-state index contributed by atoms with van der Waals surface area (Å²) in [5.74, 6) is 0.634. The van der Waals surface area contributed by atoms with Crippen molar-refractivity contribution in [3.63, 3.8) is 0 Å². The van der Waals surface area contributed by atoms with Gasteiger partial charge in [0.05, 0.1) is 0 Å². The monoisotopic (exact) mass is 202 g/mol. The largest absolute Gasteiger partial charge is 0.301 e. The normalized spacial score (nSPS) is 21.4. The lowest BCUT2D eigenvalue weighted by Gasteiger charge is -2.33. The van der Waals surface area contributed by atoms with E-state index in [1.165, 1.54) is 32.7 Å². The molecule has 76 valence electrons. The van der Waals surface area contributed by atoms with Gasteiger partial charge in [-0.05, 0) is 6.54 Å². The molecule has 0 aromatic rings. The molecule has 1 heterocycles. The zero-order chi connectivity index (χ0) is 9.52. The average molecular weight is 203 g/mol. The number of hydrogen-bond donors (Lipinski definition) is 0. The molecular formula is C10H19ClN2. The van der Waals surface area contributed by atoms with Crippen molar-refractivity contribution in [2.45, 2.75) is 6.92 Å². The quantitative estimate of drug-likeness (QED) is 0.503. The molecule has 0 atom stereocenters. The van der Waals surface area contributed by atoms with Crippen molar-refractivity contribution in [3.8, 4) is 0 Å². The van der Waals surface area contributed by atoms with Gasteiger partial charge < -0.3 is 4.90 Å². The first-order valence-corrected chi connectivity index (χ1v) is 5.56. The molecule has 0 aromatic heterocycles. The summed E-state index contributed by atoms with van der Waals surface area (Å²) in [6.45, 7) is 9.29. The molecule has 0 bridgehead atoms. The summed E-state index contributed by atoms with van der Waals surface area (Å²) in [7, 11) is 0. The molecule has 0 aromatic carbocycles. The van der Waals surface area contributed by atoms with Gasteiger partial charge in [0.1, 0.15) is 0 Å². The predicted molar refractivity (Wildman–Crippen MR) is 58.4 cm³/mol. The topological polar surface area (TPSA) is 6.48 Å². The molecule has 1 rings (SSSR count). The lowest BCUT2D eigenvalue weighted by Crippen LogP contribution is -2.45. The van der Waals surface area contributed by atoms with Gasteiger partial charge in [0.2, 0.25) is 0 Å². The molecule has 13 heavy (non-hydrogen) atoms. The van der Waals surface area contributed by atoms with Crippen LogP contribution in [0.4, 0.5) is 0 Å². The average Bonchev–Trinajstić information content (AvgIpc) is 2.19. The van der Waals surface area contributed by atoms with Crippen molar-refractivity contribution in [2.24, 2.45) is 0 Å². The molecule has 1 aliphatic heterocycles. The van der Waals surface area contributed by atoms with E-state index in [1.54, 1.807) is 0 Å². The highest BCUT2D eigenvalue weighted by Crippen LogP contribution is 2.00. The summed E-state index contributed by atoms with van der Waals surface area (Å²) in [6.07, 6.45) is 4.18. The van der Waals surface area contributed by atoms with Crippen molar-refractivity contribution in [2.75, 3.05) is 45.1 Å². The van der Waals surface area contributed by atoms with Gasteiger partial charge in [0.15, 0.2) is 0 Å². The fraction of sp³-hybridized carbons (Fsp3) is 0.800. The van der Waals surface area contributed by atoms with Gasteiger partial charge in [0, 0.05) is 38.6 Å². The van der Waals surface area contributed by atoms with Gasteiger partial charge in [0.25, 0.3) is 0 Å². The number of hydrogen-bond acceptors (Lipinski definition) is 2. The van der Waals surface area contributed by atoms with Crippen molar-refractivity contribution < 1.29 is 0 Å². The van der Waals surface area contributed by atoms with E-state index in [-0.39, 0.29) is 0 Å². The first-order valence-electron chi connectivity index (χ1n) is 5.02. The van der Waals surface area contributed by atoms with E-state index < -0.39 is 0 Å². The molecule has 0 amide bonds. The maximum atomic E-state index is 5.55. The van der Waals surface area contributed by atoms with E-state index in [1.807, 2.05) is 6.08 Å². The number of allylic oxidation sites excluding steroid dienone is 1. The minimum atomic E-state index is 0.634. The molecule has 0 unspecified atom stereocenters. The maximum absolute atomic E-state index is 5.55. The Balaban J connectivity index is 2.14. The summed E-state index contributed by atoms with van der Waals surface area (Å²) in [6, 6.07) is 0. The van der Waals surface area contributed by atoms with Crippen molar-refractivity contribution >= 4 is 11.6 Å². The lowest BCUT2D eigenvalue weighted by atomic mass is 10.3. The van der Waals surface area contributed by atoms with Crippen LogP contribution in [0.25, 0.3) is 0 Å². The standard InChI is InChI=1S/C10H19ClN2/c1-2-12-7-9-13(10-8-12)6-4-3-5-11/h3-4H,2,5-10H2,1H3. The summed E-state index contributed by atoms with van der Waals surface area (Å²) in [5, 5.41) is 0. The molecule has 0 N–H and O–H groups in total. The zero-order valence-electron chi connectivity index (χ0n) is 8.38. The number of likely N-dealkylation sites (N-methyl/N-ethyl adjacent to an activating group) is 1. The lowest BCUT2D eigenvalue weighted by molar-refractivity contribution is 0.148. The number of nitrogens with zero attached hydrogens (tertiary/aromatic N) is 2. The molecule has 0 aliphatic carbocycles. The van der Waals surface area contributed by atoms with Crippen LogP contribution in [0, 0.1) is 0 Å². The molecule has 3 heteroatoms. The second-order valence-corrected chi connectivity index (χ2v) is 3.67. The van der Waals surface area contributed by atoms with Gasteiger partial charge in [-0.3, -0.25) is 4.90 Å². The number of rotatable bonds is 4. The first-order chi connectivity index (χ1) is 6.36. The van der Waals surface area contributed by atoms with E-state index in [0.717, 1.165) is 6.54 Å². The second-order valence-electron chi connectivity index (χ2n) is 3.36. The van der Waals surface area contributed by atoms with Gasteiger partial charge in [-0.15, -0.1) is 11.6 Å². The number of alkyl halides is 1. The smallest absolute Gasteiger partial charge is 0.0404 e. The Labute approximate surface area is 86.2 Å². The van der Waals surface area contributed by atoms with Crippen LogP contribution in [0.5, 0.6) is 0 Å². The van der Waals surface area contributed by atoms with Crippen LogP contribution in [0.2, 0.25) is 0 Å². The third-order valence-electron chi connectivity index (χ3n) is 2.53. The van der Waals surface area contributed by atoms with Crippen LogP contribution in [0.15, 0.2) is 12.2 Å². The van der Waals surface area contributed by atoms with Crippen LogP contribution in [0.3, 0.4) is 0 Å². The minimum Gasteiger partial charge on any atom is -0.301 e. The zero-order valence-corrected chi connectivity index (χ0v) is 9.13. The molecule has 0 spiro atoms. The summed E-state index contributed by atoms with van der Waals surface area (Å²) in [5.41, 5.74) is 0. The van der Waals surface area contributed by atoms with Crippen LogP contribution in [-0.2, 0) is 0 Å². The van der Waals surface area contributed by atoms with Gasteiger partial charge in [-0.1, -0.05) is 19.1 Å². The highest BCUT2D eigenvalue weighted by atomic mass is 35.5. The van der Waals surface area contributed by atoms with E-state index in [0.29, 0.717) is 5.88 Å². The second kappa shape index (κ2) is 6.41. The van der Waals surface area contributed by atoms with E-state index in [2.05, 4.69) is 22.8 Å². The Morgan fingerprint density at radius 1 is 1.08 bits per heavy atom. The van der Waals surface area contributed by atoms with Crippen LogP contribution < -0.4 is 0 Å². The Morgan fingerprint density at radius 3 is 2.23 bits per heavy atom. The molecular weight excluding hydrogens is 184 g/mol. The highest BCUT2D eigenvalue weighted by molar-refractivity contribution is 6.18. The minimum absolute atomic E-state index is 0.634. The molecule has 1 fully saturated rings. The first kappa shape index (κ1) is 11.0. The summed E-state index contributed by atoms with van der Waals surface area (Å²) < 4.78 is 0. The Morgan fingerprint density at radius 2 is 1.69 bits per heavy atom.